The molecule has 1 saturated heterocycles. The maximum absolute atomic E-state index is 11.7. The molecule has 7 heteroatoms. The lowest BCUT2D eigenvalue weighted by atomic mass is 9.99. The number of carbonyl (C=O) groups is 1. The van der Waals surface area contributed by atoms with Gasteiger partial charge in [0.25, 0.3) is 0 Å². The molecule has 5 atom stereocenters. The summed E-state index contributed by atoms with van der Waals surface area (Å²) >= 11 is 0. The number of methoxy groups -OCH3 is 1. The molecular formula is C17H32O7. The van der Waals surface area contributed by atoms with Gasteiger partial charge in [0.1, 0.15) is 31.0 Å². The van der Waals surface area contributed by atoms with Crippen LogP contribution in [0.2, 0.25) is 0 Å². The smallest absolute Gasteiger partial charge is 0.305 e. The molecule has 24 heavy (non-hydrogen) atoms. The lowest BCUT2D eigenvalue weighted by Gasteiger charge is -2.39. The number of unbranched alkanes of at least 4 members (excludes halogenated alkanes) is 6. The van der Waals surface area contributed by atoms with Crippen molar-refractivity contribution in [1.29, 1.82) is 0 Å². The summed E-state index contributed by atoms with van der Waals surface area (Å²) in [6.45, 7) is 2.00. The van der Waals surface area contributed by atoms with Crippen LogP contribution >= 0.6 is 0 Å². The predicted octanol–water partition coefficient (Wildman–Crippen LogP) is 1.12. The van der Waals surface area contributed by atoms with E-state index in [1.807, 2.05) is 0 Å². The van der Waals surface area contributed by atoms with Gasteiger partial charge in [-0.25, -0.2) is 0 Å². The molecule has 0 aliphatic carbocycles. The molecule has 1 fully saturated rings. The van der Waals surface area contributed by atoms with E-state index in [2.05, 4.69) is 6.92 Å². The molecule has 1 aliphatic rings. The molecule has 0 amide bonds. The van der Waals surface area contributed by atoms with Gasteiger partial charge in [-0.1, -0.05) is 45.4 Å². The molecule has 142 valence electrons. The summed E-state index contributed by atoms with van der Waals surface area (Å²) in [7, 11) is 1.32. The van der Waals surface area contributed by atoms with Crippen LogP contribution in [0, 0.1) is 0 Å². The third kappa shape index (κ3) is 7.03. The van der Waals surface area contributed by atoms with E-state index in [0.717, 1.165) is 19.3 Å². The van der Waals surface area contributed by atoms with Crippen molar-refractivity contribution < 1.29 is 34.3 Å². The topological polar surface area (TPSA) is 105 Å². The highest BCUT2D eigenvalue weighted by Gasteiger charge is 2.44. The molecule has 1 aliphatic heterocycles. The number of aliphatic hydroxyl groups is 3. The number of carbonyl (C=O) groups excluding carboxylic acids is 1. The van der Waals surface area contributed by atoms with Gasteiger partial charge in [-0.15, -0.1) is 0 Å². The predicted molar refractivity (Wildman–Crippen MR) is 87.3 cm³/mol. The van der Waals surface area contributed by atoms with E-state index in [1.165, 1.54) is 32.8 Å². The van der Waals surface area contributed by atoms with Crippen molar-refractivity contribution >= 4 is 5.97 Å². The van der Waals surface area contributed by atoms with Crippen LogP contribution in [0.5, 0.6) is 0 Å². The van der Waals surface area contributed by atoms with E-state index >= 15 is 0 Å². The third-order valence-corrected chi connectivity index (χ3v) is 4.29. The van der Waals surface area contributed by atoms with Crippen LogP contribution in [0.15, 0.2) is 0 Å². The molecule has 0 aromatic heterocycles. The van der Waals surface area contributed by atoms with Crippen LogP contribution in [-0.4, -0.2) is 65.7 Å². The maximum Gasteiger partial charge on any atom is 0.305 e. The summed E-state index contributed by atoms with van der Waals surface area (Å²) in [6.07, 6.45) is 2.08. The highest BCUT2D eigenvalue weighted by molar-refractivity contribution is 5.69. The first-order chi connectivity index (χ1) is 11.5. The van der Waals surface area contributed by atoms with E-state index in [-0.39, 0.29) is 12.6 Å². The van der Waals surface area contributed by atoms with Gasteiger partial charge in [-0.05, 0) is 6.42 Å². The zero-order valence-corrected chi connectivity index (χ0v) is 14.7. The summed E-state index contributed by atoms with van der Waals surface area (Å²) in [6, 6.07) is 0. The van der Waals surface area contributed by atoms with Crippen molar-refractivity contribution in [3.05, 3.63) is 0 Å². The van der Waals surface area contributed by atoms with Crippen molar-refractivity contribution in [2.45, 2.75) is 89.0 Å². The molecule has 1 rings (SSSR count). The quantitative estimate of drug-likeness (QED) is 0.379. The zero-order valence-electron chi connectivity index (χ0n) is 14.7. The van der Waals surface area contributed by atoms with E-state index in [9.17, 15) is 20.1 Å². The molecule has 0 saturated carbocycles. The molecule has 0 aromatic rings. The van der Waals surface area contributed by atoms with Gasteiger partial charge >= 0.3 is 5.97 Å². The Bertz CT molecular complexity index is 348. The molecule has 1 heterocycles. The summed E-state index contributed by atoms with van der Waals surface area (Å²) in [5, 5.41) is 29.3. The fourth-order valence-electron chi connectivity index (χ4n) is 2.72. The minimum atomic E-state index is -1.41. The average molecular weight is 348 g/mol. The van der Waals surface area contributed by atoms with Gasteiger partial charge in [-0.2, -0.15) is 0 Å². The normalized spacial score (nSPS) is 30.3. The van der Waals surface area contributed by atoms with Crippen molar-refractivity contribution in [1.82, 2.24) is 0 Å². The van der Waals surface area contributed by atoms with Crippen LogP contribution in [0.1, 0.15) is 58.3 Å². The first-order valence-electron chi connectivity index (χ1n) is 8.89. The fourth-order valence-corrected chi connectivity index (χ4v) is 2.72. The first-order valence-corrected chi connectivity index (χ1v) is 8.89. The Labute approximate surface area is 143 Å². The highest BCUT2D eigenvalue weighted by atomic mass is 16.7. The second-order valence-electron chi connectivity index (χ2n) is 6.30. The lowest BCUT2D eigenvalue weighted by molar-refractivity contribution is -0.295. The maximum atomic E-state index is 11.7. The standard InChI is InChI=1S/C17H32O7/c1-3-4-5-6-7-8-9-10-13(18)23-11-12-14(19)15(20)16(21)17(22-2)24-12/h12,14-17,19-21H,3-11H2,1-2H3/t12-,14-,15+,16-,17-/m1/s1. The van der Waals surface area contributed by atoms with Gasteiger partial charge in [0.15, 0.2) is 6.29 Å². The number of ether oxygens (including phenoxy) is 3. The Hall–Kier alpha value is -0.730. The Morgan fingerprint density at radius 3 is 2.21 bits per heavy atom. The van der Waals surface area contributed by atoms with E-state index in [4.69, 9.17) is 14.2 Å². The molecule has 0 bridgehead atoms. The van der Waals surface area contributed by atoms with Gasteiger partial charge in [0.05, 0.1) is 0 Å². The second kappa shape index (κ2) is 11.8. The largest absolute Gasteiger partial charge is 0.463 e. The number of hydrogen-bond donors (Lipinski definition) is 3. The van der Waals surface area contributed by atoms with E-state index in [1.54, 1.807) is 0 Å². The van der Waals surface area contributed by atoms with Gasteiger partial charge < -0.3 is 29.5 Å². The highest BCUT2D eigenvalue weighted by Crippen LogP contribution is 2.22. The van der Waals surface area contributed by atoms with E-state index in [0.29, 0.717) is 6.42 Å². The SMILES string of the molecule is CCCCCCCCCC(=O)OC[C@H]1O[C@@H](OC)[C@H](O)[C@@H](O)[C@@H]1O. The summed E-state index contributed by atoms with van der Waals surface area (Å²) in [5.41, 5.74) is 0. The molecular weight excluding hydrogens is 316 g/mol. The number of rotatable bonds is 11. The summed E-state index contributed by atoms with van der Waals surface area (Å²) < 4.78 is 15.3. The summed E-state index contributed by atoms with van der Waals surface area (Å²) in [4.78, 5) is 11.7. The van der Waals surface area contributed by atoms with Crippen molar-refractivity contribution in [2.75, 3.05) is 13.7 Å². The van der Waals surface area contributed by atoms with Crippen molar-refractivity contribution in [3.63, 3.8) is 0 Å². The molecule has 7 nitrogen and oxygen atoms in total. The van der Waals surface area contributed by atoms with Crippen molar-refractivity contribution in [3.8, 4) is 0 Å². The fraction of sp³-hybridized carbons (Fsp3) is 0.941. The van der Waals surface area contributed by atoms with Crippen molar-refractivity contribution in [2.24, 2.45) is 0 Å². The Kier molecular flexibility index (Phi) is 10.4. The lowest BCUT2D eigenvalue weighted by Crippen LogP contribution is -2.59. The number of esters is 1. The molecule has 0 spiro atoms. The van der Waals surface area contributed by atoms with Crippen LogP contribution in [0.3, 0.4) is 0 Å². The molecule has 0 radical (unpaired) electrons. The third-order valence-electron chi connectivity index (χ3n) is 4.29. The zero-order chi connectivity index (χ0) is 17.9. The molecule has 3 N–H and O–H groups in total. The summed E-state index contributed by atoms with van der Waals surface area (Å²) in [5.74, 6) is -0.353. The molecule has 0 unspecified atom stereocenters. The van der Waals surface area contributed by atoms with Crippen LogP contribution < -0.4 is 0 Å². The minimum Gasteiger partial charge on any atom is -0.463 e. The number of aliphatic hydroxyl groups excluding tert-OH is 3. The van der Waals surface area contributed by atoms with Gasteiger partial charge in [0.2, 0.25) is 0 Å². The van der Waals surface area contributed by atoms with Gasteiger partial charge in [0, 0.05) is 13.5 Å². The monoisotopic (exact) mass is 348 g/mol. The Morgan fingerprint density at radius 2 is 1.58 bits per heavy atom. The Balaban J connectivity index is 2.19. The first kappa shape index (κ1) is 21.3. The van der Waals surface area contributed by atoms with Crippen LogP contribution in [-0.2, 0) is 19.0 Å². The van der Waals surface area contributed by atoms with Crippen LogP contribution in [0.25, 0.3) is 0 Å². The van der Waals surface area contributed by atoms with Gasteiger partial charge in [-0.3, -0.25) is 4.79 Å². The Morgan fingerprint density at radius 1 is 0.958 bits per heavy atom. The van der Waals surface area contributed by atoms with E-state index < -0.39 is 30.7 Å². The average Bonchev–Trinajstić information content (AvgIpc) is 2.58. The minimum absolute atomic E-state index is 0.180. The number of hydrogen-bond acceptors (Lipinski definition) is 7. The van der Waals surface area contributed by atoms with Crippen LogP contribution in [0.4, 0.5) is 0 Å². The molecule has 0 aromatic carbocycles. The second-order valence-corrected chi connectivity index (χ2v) is 6.30.